The molecule has 0 aliphatic heterocycles. The summed E-state index contributed by atoms with van der Waals surface area (Å²) in [7, 11) is 0. The van der Waals surface area contributed by atoms with Crippen molar-refractivity contribution in [3.8, 4) is 0 Å². The second-order valence-electron chi connectivity index (χ2n) is 5.61. The van der Waals surface area contributed by atoms with E-state index in [1.807, 2.05) is 6.92 Å². The van der Waals surface area contributed by atoms with Crippen molar-refractivity contribution in [1.82, 2.24) is 5.32 Å². The monoisotopic (exact) mass is 256 g/mol. The lowest BCUT2D eigenvalue weighted by atomic mass is 9.80. The third kappa shape index (κ3) is 5.49. The molecule has 18 heavy (non-hydrogen) atoms. The van der Waals surface area contributed by atoms with E-state index in [-0.39, 0.29) is 23.8 Å². The topological polar surface area (TPSA) is 92.4 Å². The Morgan fingerprint density at radius 1 is 1.33 bits per heavy atom. The first-order chi connectivity index (χ1) is 8.41. The molecule has 1 aliphatic rings. The molecule has 1 saturated carbocycles. The lowest BCUT2D eigenvalue weighted by molar-refractivity contribution is -0.138. The molecule has 0 aromatic carbocycles. The predicted octanol–water partition coefficient (Wildman–Crippen LogP) is 1.27. The van der Waals surface area contributed by atoms with Gasteiger partial charge in [-0.2, -0.15) is 0 Å². The Morgan fingerprint density at radius 2 is 1.94 bits per heavy atom. The predicted molar refractivity (Wildman–Crippen MR) is 69.0 cm³/mol. The fraction of sp³-hybridized carbons (Fsp3) is 0.846. The number of nitrogens with one attached hydrogen (secondary N) is 1. The molecule has 0 aromatic rings. The molecule has 104 valence electrons. The molecule has 1 amide bonds. The number of carboxylic acids is 1. The second kappa shape index (κ2) is 6.73. The molecule has 0 spiro atoms. The lowest BCUT2D eigenvalue weighted by Gasteiger charge is -2.32. The molecule has 1 fully saturated rings. The molecule has 0 saturated heterocycles. The van der Waals surface area contributed by atoms with E-state index in [1.165, 1.54) is 6.42 Å². The van der Waals surface area contributed by atoms with E-state index >= 15 is 0 Å². The molecule has 0 radical (unpaired) electrons. The summed E-state index contributed by atoms with van der Waals surface area (Å²) in [6.07, 6.45) is 5.64. The van der Waals surface area contributed by atoms with Crippen molar-refractivity contribution >= 4 is 11.9 Å². The zero-order chi connectivity index (χ0) is 13.6. The largest absolute Gasteiger partial charge is 0.481 e. The van der Waals surface area contributed by atoms with Gasteiger partial charge in [-0.3, -0.25) is 9.59 Å². The number of hydrogen-bond acceptors (Lipinski definition) is 3. The first-order valence-corrected chi connectivity index (χ1v) is 6.69. The highest BCUT2D eigenvalue weighted by Crippen LogP contribution is 2.28. The summed E-state index contributed by atoms with van der Waals surface area (Å²) in [5, 5.41) is 11.4. The summed E-state index contributed by atoms with van der Waals surface area (Å²) in [6.45, 7) is 2.22. The van der Waals surface area contributed by atoms with Gasteiger partial charge in [0.15, 0.2) is 0 Å². The number of amides is 1. The summed E-state index contributed by atoms with van der Waals surface area (Å²) >= 11 is 0. The van der Waals surface area contributed by atoms with Crippen LogP contribution in [0.4, 0.5) is 0 Å². The molecule has 1 atom stereocenters. The average Bonchev–Trinajstić information content (AvgIpc) is 2.26. The first-order valence-electron chi connectivity index (χ1n) is 6.69. The van der Waals surface area contributed by atoms with Crippen LogP contribution in [0.15, 0.2) is 0 Å². The smallest absolute Gasteiger partial charge is 0.303 e. The second-order valence-corrected chi connectivity index (χ2v) is 5.61. The number of carbonyl (C=O) groups is 2. The Morgan fingerprint density at radius 3 is 2.50 bits per heavy atom. The van der Waals surface area contributed by atoms with Gasteiger partial charge in [0.1, 0.15) is 0 Å². The van der Waals surface area contributed by atoms with E-state index in [4.69, 9.17) is 10.8 Å². The number of hydrogen-bond donors (Lipinski definition) is 3. The molecular weight excluding hydrogens is 232 g/mol. The van der Waals surface area contributed by atoms with E-state index < -0.39 is 5.97 Å². The molecule has 5 heteroatoms. The van der Waals surface area contributed by atoms with Gasteiger partial charge >= 0.3 is 5.97 Å². The number of aliphatic carboxylic acids is 1. The van der Waals surface area contributed by atoms with Crippen molar-refractivity contribution in [2.24, 2.45) is 11.7 Å². The van der Waals surface area contributed by atoms with Crippen LogP contribution in [0.25, 0.3) is 0 Å². The molecule has 0 bridgehead atoms. The lowest BCUT2D eigenvalue weighted by Crippen LogP contribution is -2.46. The number of rotatable bonds is 6. The summed E-state index contributed by atoms with van der Waals surface area (Å²) in [5.74, 6) is -0.942. The minimum Gasteiger partial charge on any atom is -0.481 e. The van der Waals surface area contributed by atoms with Crippen molar-refractivity contribution in [2.45, 2.75) is 57.4 Å². The van der Waals surface area contributed by atoms with Crippen LogP contribution in [0.2, 0.25) is 0 Å². The van der Waals surface area contributed by atoms with Crippen molar-refractivity contribution in [2.75, 3.05) is 6.54 Å². The summed E-state index contributed by atoms with van der Waals surface area (Å²) in [6, 6.07) is 0. The zero-order valence-corrected chi connectivity index (χ0v) is 11.1. The Kier molecular flexibility index (Phi) is 5.59. The van der Waals surface area contributed by atoms with Crippen molar-refractivity contribution < 1.29 is 14.7 Å². The summed E-state index contributed by atoms with van der Waals surface area (Å²) in [4.78, 5) is 22.3. The fourth-order valence-electron chi connectivity index (χ4n) is 2.47. The van der Waals surface area contributed by atoms with Gasteiger partial charge in [-0.05, 0) is 18.8 Å². The van der Waals surface area contributed by atoms with Gasteiger partial charge in [-0.1, -0.05) is 26.2 Å². The number of nitrogens with two attached hydrogens (primary N) is 1. The van der Waals surface area contributed by atoms with Gasteiger partial charge in [0.25, 0.3) is 0 Å². The van der Waals surface area contributed by atoms with E-state index in [9.17, 15) is 9.59 Å². The summed E-state index contributed by atoms with van der Waals surface area (Å²) in [5.41, 5.74) is 5.84. The van der Waals surface area contributed by atoms with Gasteiger partial charge in [0.2, 0.25) is 5.91 Å². The number of carboxylic acid groups (broad SMARTS) is 1. The van der Waals surface area contributed by atoms with Crippen molar-refractivity contribution in [3.05, 3.63) is 0 Å². The molecule has 0 aromatic heterocycles. The SMILES string of the molecule is CC(CNC(=O)CC1(N)CCCCC1)CC(=O)O. The fourth-order valence-corrected chi connectivity index (χ4v) is 2.47. The minimum absolute atomic E-state index is 0.0495. The van der Waals surface area contributed by atoms with Crippen LogP contribution in [-0.4, -0.2) is 29.1 Å². The van der Waals surface area contributed by atoms with Crippen molar-refractivity contribution in [3.63, 3.8) is 0 Å². The van der Waals surface area contributed by atoms with Crippen LogP contribution >= 0.6 is 0 Å². The molecule has 1 aliphatic carbocycles. The molecular formula is C13H24N2O3. The Bertz CT molecular complexity index is 299. The number of carbonyl (C=O) groups excluding carboxylic acids is 1. The third-order valence-corrected chi connectivity index (χ3v) is 3.53. The van der Waals surface area contributed by atoms with E-state index in [2.05, 4.69) is 5.32 Å². The van der Waals surface area contributed by atoms with Crippen LogP contribution in [0.1, 0.15) is 51.9 Å². The van der Waals surface area contributed by atoms with Crippen LogP contribution in [0.3, 0.4) is 0 Å². The zero-order valence-electron chi connectivity index (χ0n) is 11.1. The Labute approximate surface area is 108 Å². The highest BCUT2D eigenvalue weighted by molar-refractivity contribution is 5.77. The van der Waals surface area contributed by atoms with Gasteiger partial charge < -0.3 is 16.2 Å². The van der Waals surface area contributed by atoms with Crippen LogP contribution in [0, 0.1) is 5.92 Å². The highest BCUT2D eigenvalue weighted by Gasteiger charge is 2.29. The van der Waals surface area contributed by atoms with Crippen LogP contribution in [-0.2, 0) is 9.59 Å². The Balaban J connectivity index is 2.26. The average molecular weight is 256 g/mol. The standard InChI is InChI=1S/C13H24N2O3/c1-10(7-12(17)18)9-15-11(16)8-13(14)5-3-2-4-6-13/h10H,2-9,14H2,1H3,(H,15,16)(H,17,18). The van der Waals surface area contributed by atoms with E-state index in [1.54, 1.807) is 0 Å². The van der Waals surface area contributed by atoms with Crippen molar-refractivity contribution in [1.29, 1.82) is 0 Å². The third-order valence-electron chi connectivity index (χ3n) is 3.53. The van der Waals surface area contributed by atoms with E-state index in [0.717, 1.165) is 25.7 Å². The van der Waals surface area contributed by atoms with E-state index in [0.29, 0.717) is 13.0 Å². The van der Waals surface area contributed by atoms with Gasteiger partial charge in [-0.25, -0.2) is 0 Å². The Hall–Kier alpha value is -1.10. The maximum absolute atomic E-state index is 11.8. The molecule has 0 heterocycles. The molecule has 4 N–H and O–H groups in total. The van der Waals surface area contributed by atoms with Crippen LogP contribution < -0.4 is 11.1 Å². The highest BCUT2D eigenvalue weighted by atomic mass is 16.4. The summed E-state index contributed by atoms with van der Waals surface area (Å²) < 4.78 is 0. The maximum Gasteiger partial charge on any atom is 0.303 e. The molecule has 5 nitrogen and oxygen atoms in total. The maximum atomic E-state index is 11.8. The molecule has 1 unspecified atom stereocenters. The van der Waals surface area contributed by atoms with Gasteiger partial charge in [-0.15, -0.1) is 0 Å². The normalized spacial score (nSPS) is 20.1. The first kappa shape index (κ1) is 15.0. The molecule has 1 rings (SSSR count). The van der Waals surface area contributed by atoms with Gasteiger partial charge in [0, 0.05) is 24.9 Å². The quantitative estimate of drug-likeness (QED) is 0.667. The van der Waals surface area contributed by atoms with Gasteiger partial charge in [0.05, 0.1) is 0 Å². The van der Waals surface area contributed by atoms with Crippen LogP contribution in [0.5, 0.6) is 0 Å². The minimum atomic E-state index is -0.834.